The first-order chi connectivity index (χ1) is 10.0. The van der Waals surface area contributed by atoms with Gasteiger partial charge in [-0.05, 0) is 37.5 Å². The molecule has 1 rings (SSSR count). The van der Waals surface area contributed by atoms with Gasteiger partial charge in [0.1, 0.15) is 0 Å². The second kappa shape index (κ2) is 9.23. The van der Waals surface area contributed by atoms with E-state index in [2.05, 4.69) is 24.5 Å². The van der Waals surface area contributed by atoms with E-state index in [0.29, 0.717) is 36.9 Å². The summed E-state index contributed by atoms with van der Waals surface area (Å²) in [6.07, 6.45) is 1.06. The molecular weight excluding hydrogens is 266 g/mol. The SMILES string of the molecule is CCNC(=O)c1ccc(N)cc1NCCOCCC(C)C. The first kappa shape index (κ1) is 17.3. The van der Waals surface area contributed by atoms with Gasteiger partial charge >= 0.3 is 0 Å². The topological polar surface area (TPSA) is 76.4 Å². The minimum absolute atomic E-state index is 0.0965. The molecule has 0 fully saturated rings. The summed E-state index contributed by atoms with van der Waals surface area (Å²) in [5.74, 6) is 0.553. The second-order valence-corrected chi connectivity index (χ2v) is 5.39. The minimum Gasteiger partial charge on any atom is -0.399 e. The zero-order valence-electron chi connectivity index (χ0n) is 13.2. The predicted molar refractivity (Wildman–Crippen MR) is 87.6 cm³/mol. The molecule has 0 radical (unpaired) electrons. The molecule has 1 aromatic carbocycles. The summed E-state index contributed by atoms with van der Waals surface area (Å²) in [6.45, 7) is 8.86. The number of carbonyl (C=O) groups is 1. The largest absolute Gasteiger partial charge is 0.399 e. The Morgan fingerprint density at radius 3 is 2.76 bits per heavy atom. The van der Waals surface area contributed by atoms with Crippen LogP contribution in [0.3, 0.4) is 0 Å². The van der Waals surface area contributed by atoms with E-state index in [-0.39, 0.29) is 5.91 Å². The van der Waals surface area contributed by atoms with E-state index in [4.69, 9.17) is 10.5 Å². The lowest BCUT2D eigenvalue weighted by molar-refractivity contribution is 0.0956. The highest BCUT2D eigenvalue weighted by Crippen LogP contribution is 2.19. The molecule has 0 aliphatic rings. The molecule has 0 saturated heterocycles. The van der Waals surface area contributed by atoms with Crippen LogP contribution in [0.5, 0.6) is 0 Å². The van der Waals surface area contributed by atoms with Gasteiger partial charge in [-0.25, -0.2) is 0 Å². The Morgan fingerprint density at radius 1 is 1.33 bits per heavy atom. The molecule has 0 bridgehead atoms. The molecule has 0 aliphatic heterocycles. The molecular formula is C16H27N3O2. The number of nitrogens with two attached hydrogens (primary N) is 1. The number of nitrogen functional groups attached to an aromatic ring is 1. The summed E-state index contributed by atoms with van der Waals surface area (Å²) >= 11 is 0. The summed E-state index contributed by atoms with van der Waals surface area (Å²) in [5.41, 5.74) is 7.76. The van der Waals surface area contributed by atoms with Crippen molar-refractivity contribution >= 4 is 17.3 Å². The fraction of sp³-hybridized carbons (Fsp3) is 0.562. The lowest BCUT2D eigenvalue weighted by Gasteiger charge is -2.13. The number of rotatable bonds is 9. The normalized spacial score (nSPS) is 10.7. The van der Waals surface area contributed by atoms with Crippen LogP contribution in [-0.4, -0.2) is 32.2 Å². The van der Waals surface area contributed by atoms with E-state index in [9.17, 15) is 4.79 Å². The van der Waals surface area contributed by atoms with Crippen LogP contribution >= 0.6 is 0 Å². The number of amides is 1. The van der Waals surface area contributed by atoms with Crippen LogP contribution in [0.1, 0.15) is 37.6 Å². The summed E-state index contributed by atoms with van der Waals surface area (Å²) in [6, 6.07) is 5.25. The van der Waals surface area contributed by atoms with Crippen LogP contribution < -0.4 is 16.4 Å². The highest BCUT2D eigenvalue weighted by Gasteiger charge is 2.10. The van der Waals surface area contributed by atoms with Crippen molar-refractivity contribution in [1.29, 1.82) is 0 Å². The smallest absolute Gasteiger partial charge is 0.253 e. The van der Waals surface area contributed by atoms with Crippen LogP contribution in [-0.2, 0) is 4.74 Å². The molecule has 4 N–H and O–H groups in total. The van der Waals surface area contributed by atoms with Gasteiger partial charge in [0, 0.05) is 31.1 Å². The number of benzene rings is 1. The van der Waals surface area contributed by atoms with Crippen molar-refractivity contribution in [3.05, 3.63) is 23.8 Å². The number of nitrogens with one attached hydrogen (secondary N) is 2. The molecule has 0 spiro atoms. The molecule has 5 heteroatoms. The minimum atomic E-state index is -0.0965. The third-order valence-corrected chi connectivity index (χ3v) is 3.03. The Bertz CT molecular complexity index is 447. The highest BCUT2D eigenvalue weighted by atomic mass is 16.5. The highest BCUT2D eigenvalue weighted by molar-refractivity contribution is 6.00. The molecule has 0 atom stereocenters. The van der Waals surface area contributed by atoms with Gasteiger partial charge in [-0.2, -0.15) is 0 Å². The Morgan fingerprint density at radius 2 is 2.10 bits per heavy atom. The van der Waals surface area contributed by atoms with Gasteiger partial charge in [0.05, 0.1) is 12.2 Å². The van der Waals surface area contributed by atoms with Crippen LogP contribution in [0.15, 0.2) is 18.2 Å². The zero-order chi connectivity index (χ0) is 15.7. The quantitative estimate of drug-likeness (QED) is 0.483. The van der Waals surface area contributed by atoms with Gasteiger partial charge < -0.3 is 21.1 Å². The maximum absolute atomic E-state index is 12.0. The van der Waals surface area contributed by atoms with Crippen molar-refractivity contribution in [2.45, 2.75) is 27.2 Å². The molecule has 0 heterocycles. The monoisotopic (exact) mass is 293 g/mol. The molecule has 0 saturated carbocycles. The Kier molecular flexibility index (Phi) is 7.61. The molecule has 5 nitrogen and oxygen atoms in total. The van der Waals surface area contributed by atoms with E-state index in [0.717, 1.165) is 18.7 Å². The standard InChI is InChI=1S/C16H27N3O2/c1-4-18-16(20)14-6-5-13(17)11-15(14)19-8-10-21-9-7-12(2)3/h5-6,11-12,19H,4,7-10,17H2,1-3H3,(H,18,20). The average molecular weight is 293 g/mol. The van der Waals surface area contributed by atoms with Crippen molar-refractivity contribution in [1.82, 2.24) is 5.32 Å². The molecule has 118 valence electrons. The van der Waals surface area contributed by atoms with E-state index in [1.165, 1.54) is 0 Å². The number of hydrogen-bond donors (Lipinski definition) is 3. The average Bonchev–Trinajstić information content (AvgIpc) is 2.42. The van der Waals surface area contributed by atoms with E-state index in [1.54, 1.807) is 18.2 Å². The fourth-order valence-electron chi connectivity index (χ4n) is 1.84. The molecule has 1 amide bonds. The maximum atomic E-state index is 12.0. The molecule has 21 heavy (non-hydrogen) atoms. The van der Waals surface area contributed by atoms with Crippen LogP contribution in [0.2, 0.25) is 0 Å². The molecule has 0 aromatic heterocycles. The number of hydrogen-bond acceptors (Lipinski definition) is 4. The number of ether oxygens (including phenoxy) is 1. The van der Waals surface area contributed by atoms with Crippen molar-refractivity contribution in [2.75, 3.05) is 37.4 Å². The maximum Gasteiger partial charge on any atom is 0.253 e. The van der Waals surface area contributed by atoms with Gasteiger partial charge in [-0.1, -0.05) is 13.8 Å². The van der Waals surface area contributed by atoms with Crippen LogP contribution in [0.25, 0.3) is 0 Å². The van der Waals surface area contributed by atoms with E-state index in [1.807, 2.05) is 6.92 Å². The van der Waals surface area contributed by atoms with Crippen LogP contribution in [0.4, 0.5) is 11.4 Å². The third-order valence-electron chi connectivity index (χ3n) is 3.03. The predicted octanol–water partition coefficient (Wildman–Crippen LogP) is 2.49. The summed E-state index contributed by atoms with van der Waals surface area (Å²) in [7, 11) is 0. The molecule has 1 aromatic rings. The Labute approximate surface area is 127 Å². The van der Waals surface area contributed by atoms with Crippen molar-refractivity contribution in [2.24, 2.45) is 5.92 Å². The van der Waals surface area contributed by atoms with Gasteiger partial charge in [0.2, 0.25) is 0 Å². The number of anilines is 2. The van der Waals surface area contributed by atoms with Crippen LogP contribution in [0, 0.1) is 5.92 Å². The molecule has 0 unspecified atom stereocenters. The first-order valence-corrected chi connectivity index (χ1v) is 7.54. The lowest BCUT2D eigenvalue weighted by atomic mass is 10.1. The van der Waals surface area contributed by atoms with Gasteiger partial charge in [-0.3, -0.25) is 4.79 Å². The summed E-state index contributed by atoms with van der Waals surface area (Å²) in [5, 5.41) is 6.01. The third kappa shape index (κ3) is 6.49. The zero-order valence-corrected chi connectivity index (χ0v) is 13.2. The van der Waals surface area contributed by atoms with E-state index < -0.39 is 0 Å². The Hall–Kier alpha value is -1.75. The van der Waals surface area contributed by atoms with Gasteiger partial charge in [0.25, 0.3) is 5.91 Å². The first-order valence-electron chi connectivity index (χ1n) is 7.54. The fourth-order valence-corrected chi connectivity index (χ4v) is 1.84. The van der Waals surface area contributed by atoms with Crippen molar-refractivity contribution < 1.29 is 9.53 Å². The lowest BCUT2D eigenvalue weighted by Crippen LogP contribution is -2.24. The second-order valence-electron chi connectivity index (χ2n) is 5.39. The van der Waals surface area contributed by atoms with Gasteiger partial charge in [0.15, 0.2) is 0 Å². The van der Waals surface area contributed by atoms with Crippen molar-refractivity contribution in [3.63, 3.8) is 0 Å². The van der Waals surface area contributed by atoms with E-state index >= 15 is 0 Å². The summed E-state index contributed by atoms with van der Waals surface area (Å²) in [4.78, 5) is 12.0. The Balaban J connectivity index is 2.49. The molecule has 0 aliphatic carbocycles. The van der Waals surface area contributed by atoms with Gasteiger partial charge in [-0.15, -0.1) is 0 Å². The van der Waals surface area contributed by atoms with Crippen molar-refractivity contribution in [3.8, 4) is 0 Å². The number of carbonyl (C=O) groups excluding carboxylic acids is 1. The summed E-state index contributed by atoms with van der Waals surface area (Å²) < 4.78 is 5.55.